The van der Waals surface area contributed by atoms with Crippen LogP contribution in [0.5, 0.6) is 5.75 Å². The maximum absolute atomic E-state index is 6.33. The van der Waals surface area contributed by atoms with E-state index in [9.17, 15) is 0 Å². The zero-order valence-corrected chi connectivity index (χ0v) is 21.4. The Kier molecular flexibility index (Phi) is 7.09. The Labute approximate surface area is 216 Å². The molecule has 1 aliphatic rings. The van der Waals surface area contributed by atoms with E-state index >= 15 is 0 Å². The van der Waals surface area contributed by atoms with Gasteiger partial charge in [-0.25, -0.2) is 9.97 Å². The van der Waals surface area contributed by atoms with Gasteiger partial charge in [-0.05, 0) is 61.2 Å². The molecule has 1 aliphatic heterocycles. The molecule has 3 aromatic carbocycles. The van der Waals surface area contributed by atoms with Crippen LogP contribution in [0.3, 0.4) is 0 Å². The Morgan fingerprint density at radius 1 is 1.00 bits per heavy atom. The number of likely N-dealkylation sites (tertiary alicyclic amines) is 1. The van der Waals surface area contributed by atoms with Crippen LogP contribution < -0.4 is 10.1 Å². The lowest BCUT2D eigenvalue weighted by Crippen LogP contribution is -2.39. The number of aryl methyl sites for hydroxylation is 1. The van der Waals surface area contributed by atoms with Crippen molar-refractivity contribution in [2.45, 2.75) is 32.4 Å². The second-order valence-corrected chi connectivity index (χ2v) is 9.85. The van der Waals surface area contributed by atoms with Crippen molar-refractivity contribution in [3.05, 3.63) is 82.0 Å². The first-order valence-corrected chi connectivity index (χ1v) is 12.6. The lowest BCUT2D eigenvalue weighted by Gasteiger charge is -2.32. The topological polar surface area (TPSA) is 50.3 Å². The number of nitrogens with zero attached hydrogens (tertiary/aromatic N) is 3. The fraction of sp³-hybridized carbons (Fsp3) is 0.286. The molecule has 1 N–H and O–H groups in total. The number of fused-ring (bicyclic) bond motifs is 1. The van der Waals surface area contributed by atoms with Gasteiger partial charge >= 0.3 is 0 Å². The number of piperidine rings is 1. The lowest BCUT2D eigenvalue weighted by molar-refractivity contribution is 0.211. The minimum absolute atomic E-state index is 0.364. The molecule has 0 atom stereocenters. The smallest absolute Gasteiger partial charge is 0.223 e. The van der Waals surface area contributed by atoms with E-state index in [4.69, 9.17) is 37.9 Å². The molecule has 0 amide bonds. The first kappa shape index (κ1) is 23.9. The van der Waals surface area contributed by atoms with Gasteiger partial charge in [-0.2, -0.15) is 0 Å². The third-order valence-electron chi connectivity index (χ3n) is 6.61. The van der Waals surface area contributed by atoms with Gasteiger partial charge in [-0.3, -0.25) is 4.90 Å². The van der Waals surface area contributed by atoms with E-state index in [2.05, 4.69) is 34.5 Å². The number of hydrogen-bond acceptors (Lipinski definition) is 5. The molecule has 7 heteroatoms. The van der Waals surface area contributed by atoms with Gasteiger partial charge in [0.15, 0.2) is 0 Å². The summed E-state index contributed by atoms with van der Waals surface area (Å²) in [6.45, 7) is 5.06. The molecule has 0 radical (unpaired) electrons. The first-order valence-electron chi connectivity index (χ1n) is 11.8. The number of ether oxygens (including phenoxy) is 1. The molecule has 0 bridgehead atoms. The zero-order chi connectivity index (χ0) is 24.4. The molecule has 0 aliphatic carbocycles. The number of hydrogen-bond donors (Lipinski definition) is 1. The summed E-state index contributed by atoms with van der Waals surface area (Å²) < 4.78 is 5.54. The van der Waals surface area contributed by atoms with E-state index < -0.39 is 0 Å². The number of halogens is 2. The van der Waals surface area contributed by atoms with Crippen LogP contribution in [-0.2, 0) is 6.54 Å². The van der Waals surface area contributed by atoms with Gasteiger partial charge in [-0.1, -0.05) is 53.5 Å². The predicted molar refractivity (Wildman–Crippen MR) is 145 cm³/mol. The highest BCUT2D eigenvalue weighted by Gasteiger charge is 2.20. The Bertz CT molecular complexity index is 1340. The number of aromatic nitrogens is 2. The van der Waals surface area contributed by atoms with Gasteiger partial charge in [0.2, 0.25) is 5.95 Å². The number of rotatable bonds is 6. The molecule has 5 rings (SSSR count). The second kappa shape index (κ2) is 10.4. The summed E-state index contributed by atoms with van der Waals surface area (Å²) in [4.78, 5) is 12.1. The molecule has 1 saturated heterocycles. The summed E-state index contributed by atoms with van der Waals surface area (Å²) >= 11 is 12.3. The number of anilines is 1. The summed E-state index contributed by atoms with van der Waals surface area (Å²) in [6.07, 6.45) is 2.11. The normalized spacial score (nSPS) is 14.9. The molecule has 180 valence electrons. The van der Waals surface area contributed by atoms with E-state index in [-0.39, 0.29) is 0 Å². The van der Waals surface area contributed by atoms with Crippen molar-refractivity contribution < 1.29 is 4.74 Å². The molecule has 0 spiro atoms. The van der Waals surface area contributed by atoms with Gasteiger partial charge in [0.1, 0.15) is 5.75 Å². The molecule has 35 heavy (non-hydrogen) atoms. The van der Waals surface area contributed by atoms with Crippen molar-refractivity contribution >= 4 is 40.1 Å². The van der Waals surface area contributed by atoms with E-state index in [1.165, 1.54) is 5.56 Å². The van der Waals surface area contributed by atoms with Crippen LogP contribution in [0.1, 0.15) is 24.1 Å². The van der Waals surface area contributed by atoms with E-state index in [1.807, 2.05) is 43.3 Å². The fourth-order valence-corrected chi connectivity index (χ4v) is 5.10. The van der Waals surface area contributed by atoms with Gasteiger partial charge < -0.3 is 10.1 Å². The highest BCUT2D eigenvalue weighted by Crippen LogP contribution is 2.37. The Morgan fingerprint density at radius 3 is 2.51 bits per heavy atom. The highest BCUT2D eigenvalue weighted by molar-refractivity contribution is 6.32. The van der Waals surface area contributed by atoms with Crippen molar-refractivity contribution in [2.24, 2.45) is 0 Å². The van der Waals surface area contributed by atoms with Gasteiger partial charge in [0.25, 0.3) is 0 Å². The SMILES string of the molecule is COc1c(Cl)cccc1-c1ccc2nc(NC3CCN(Cc4ccc(Cl)cc4)CC3)nc(C)c2c1. The summed E-state index contributed by atoms with van der Waals surface area (Å²) in [5.74, 6) is 1.37. The summed E-state index contributed by atoms with van der Waals surface area (Å²) in [5, 5.41) is 5.97. The number of nitrogens with one attached hydrogen (secondary N) is 1. The molecule has 4 aromatic rings. The summed E-state index contributed by atoms with van der Waals surface area (Å²) in [5.41, 5.74) is 5.14. The van der Waals surface area contributed by atoms with Crippen LogP contribution >= 0.6 is 23.2 Å². The molecule has 1 fully saturated rings. The number of methoxy groups -OCH3 is 1. The van der Waals surface area contributed by atoms with Crippen molar-refractivity contribution in [3.8, 4) is 16.9 Å². The van der Waals surface area contributed by atoms with Crippen LogP contribution in [0.2, 0.25) is 10.0 Å². The standard InChI is InChI=1S/C28H28Cl2N4O/c1-18-24-16-20(23-4-3-5-25(30)27(23)35-2)8-11-26(24)33-28(31-18)32-22-12-14-34(15-13-22)17-19-6-9-21(29)10-7-19/h3-11,16,22H,12-15,17H2,1-2H3,(H,31,32,33). The minimum Gasteiger partial charge on any atom is -0.495 e. The minimum atomic E-state index is 0.364. The number of benzene rings is 3. The molecular weight excluding hydrogens is 479 g/mol. The van der Waals surface area contributed by atoms with Gasteiger partial charge in [0, 0.05) is 41.6 Å². The van der Waals surface area contributed by atoms with E-state index in [1.54, 1.807) is 7.11 Å². The van der Waals surface area contributed by atoms with Crippen molar-refractivity contribution in [2.75, 3.05) is 25.5 Å². The Hall–Kier alpha value is -2.86. The van der Waals surface area contributed by atoms with Crippen molar-refractivity contribution in [1.82, 2.24) is 14.9 Å². The maximum atomic E-state index is 6.33. The third-order valence-corrected chi connectivity index (χ3v) is 7.16. The summed E-state index contributed by atoms with van der Waals surface area (Å²) in [7, 11) is 1.64. The monoisotopic (exact) mass is 506 g/mol. The Morgan fingerprint density at radius 2 is 1.77 bits per heavy atom. The van der Waals surface area contributed by atoms with Crippen molar-refractivity contribution in [3.63, 3.8) is 0 Å². The molecule has 0 saturated carbocycles. The highest BCUT2D eigenvalue weighted by atomic mass is 35.5. The van der Waals surface area contributed by atoms with E-state index in [0.717, 1.165) is 65.2 Å². The van der Waals surface area contributed by atoms with Crippen LogP contribution in [0.15, 0.2) is 60.7 Å². The van der Waals surface area contributed by atoms with Crippen LogP contribution in [0.25, 0.3) is 22.0 Å². The van der Waals surface area contributed by atoms with E-state index in [0.29, 0.717) is 22.8 Å². The molecule has 5 nitrogen and oxygen atoms in total. The average Bonchev–Trinajstić information content (AvgIpc) is 2.86. The van der Waals surface area contributed by atoms with Crippen LogP contribution in [-0.4, -0.2) is 41.1 Å². The zero-order valence-electron chi connectivity index (χ0n) is 19.9. The molecule has 2 heterocycles. The van der Waals surface area contributed by atoms with Gasteiger partial charge in [0.05, 0.1) is 23.3 Å². The maximum Gasteiger partial charge on any atom is 0.223 e. The molecule has 1 aromatic heterocycles. The average molecular weight is 507 g/mol. The van der Waals surface area contributed by atoms with Crippen molar-refractivity contribution in [1.29, 1.82) is 0 Å². The Balaban J connectivity index is 1.27. The number of para-hydroxylation sites is 1. The quantitative estimate of drug-likeness (QED) is 0.305. The second-order valence-electron chi connectivity index (χ2n) is 9.01. The van der Waals surface area contributed by atoms with Crippen LogP contribution in [0.4, 0.5) is 5.95 Å². The molecule has 0 unspecified atom stereocenters. The summed E-state index contributed by atoms with van der Waals surface area (Å²) in [6, 6.07) is 20.5. The lowest BCUT2D eigenvalue weighted by atomic mass is 10.0. The van der Waals surface area contributed by atoms with Gasteiger partial charge in [-0.15, -0.1) is 0 Å². The third kappa shape index (κ3) is 5.37. The first-order chi connectivity index (χ1) is 17.0. The fourth-order valence-electron chi connectivity index (χ4n) is 4.72. The predicted octanol–water partition coefficient (Wildman–Crippen LogP) is 7.00. The largest absolute Gasteiger partial charge is 0.495 e. The van der Waals surface area contributed by atoms with Crippen LogP contribution in [0, 0.1) is 6.92 Å². The molecular formula is C28H28Cl2N4O.